The highest BCUT2D eigenvalue weighted by Gasteiger charge is 2.18. The topological polar surface area (TPSA) is 95.9 Å². The van der Waals surface area contributed by atoms with Crippen molar-refractivity contribution < 1.29 is 24.5 Å². The van der Waals surface area contributed by atoms with Crippen LogP contribution in [0.5, 0.6) is 0 Å². The van der Waals surface area contributed by atoms with Gasteiger partial charge in [-0.2, -0.15) is 0 Å². The average Bonchev–Trinajstić information content (AvgIpc) is 3.43. The summed E-state index contributed by atoms with van der Waals surface area (Å²) in [6.07, 6.45) is 86.0. The van der Waals surface area contributed by atoms with Crippen LogP contribution in [0.25, 0.3) is 0 Å². The number of nitrogens with one attached hydrogen (secondary N) is 1. The number of hydrogen-bond donors (Lipinski definition) is 3. The summed E-state index contributed by atoms with van der Waals surface area (Å²) in [7, 11) is 0. The lowest BCUT2D eigenvalue weighted by Gasteiger charge is -2.20. The van der Waals surface area contributed by atoms with E-state index < -0.39 is 12.1 Å². The van der Waals surface area contributed by atoms with Crippen LogP contribution >= 0.6 is 0 Å². The average molecular weight is 1080 g/mol. The zero-order valence-electron chi connectivity index (χ0n) is 51.7. The second-order valence-corrected chi connectivity index (χ2v) is 23.5. The molecule has 0 heterocycles. The molecule has 0 aliphatic heterocycles. The summed E-state index contributed by atoms with van der Waals surface area (Å²) >= 11 is 0. The molecule has 452 valence electrons. The fourth-order valence-electron chi connectivity index (χ4n) is 10.5. The predicted octanol–water partition coefficient (Wildman–Crippen LogP) is 22.1. The molecule has 0 aliphatic carbocycles. The van der Waals surface area contributed by atoms with Gasteiger partial charge in [-0.1, -0.05) is 313 Å². The molecular formula is C71H133NO5. The van der Waals surface area contributed by atoms with Gasteiger partial charge in [0.25, 0.3) is 0 Å². The van der Waals surface area contributed by atoms with Crippen molar-refractivity contribution in [3.05, 3.63) is 48.6 Å². The zero-order chi connectivity index (χ0) is 55.7. The standard InChI is InChI=1S/C71H133NO5/c1-3-5-7-9-11-13-15-17-19-21-22-26-29-32-35-39-43-47-51-55-59-63-69(74)68(67-73)72-70(75)64-60-56-52-48-44-40-36-33-30-27-24-23-25-28-31-34-38-42-46-50-54-58-62-66-77-71(76)65-61-57-53-49-45-41-37-20-18-16-14-12-10-8-6-4-2/h14,16,20,27,30,37,59,63,68-69,73-74H,3-13,15,17-19,21-26,28-29,31-36,38-58,60-62,64-67H2,1-2H3,(H,72,75)/b16-14-,30-27-,37-20-,63-59+. The maximum atomic E-state index is 12.5. The number of carbonyl (C=O) groups is 2. The summed E-state index contributed by atoms with van der Waals surface area (Å²) in [5, 5.41) is 23.2. The van der Waals surface area contributed by atoms with Gasteiger partial charge in [0.1, 0.15) is 0 Å². The Morgan fingerprint density at radius 1 is 0.364 bits per heavy atom. The number of esters is 1. The Morgan fingerprint density at radius 2 is 0.649 bits per heavy atom. The van der Waals surface area contributed by atoms with Gasteiger partial charge in [-0.15, -0.1) is 0 Å². The van der Waals surface area contributed by atoms with E-state index in [0.717, 1.165) is 57.8 Å². The van der Waals surface area contributed by atoms with Crippen LogP contribution in [0.1, 0.15) is 367 Å². The van der Waals surface area contributed by atoms with Gasteiger partial charge < -0.3 is 20.3 Å². The lowest BCUT2D eigenvalue weighted by atomic mass is 10.0. The van der Waals surface area contributed by atoms with Crippen LogP contribution in [0.3, 0.4) is 0 Å². The molecule has 0 aliphatic rings. The van der Waals surface area contributed by atoms with Gasteiger partial charge in [-0.3, -0.25) is 9.59 Å². The Morgan fingerprint density at radius 3 is 1.01 bits per heavy atom. The molecule has 3 N–H and O–H groups in total. The highest BCUT2D eigenvalue weighted by atomic mass is 16.5. The van der Waals surface area contributed by atoms with Gasteiger partial charge in [0.2, 0.25) is 5.91 Å². The number of aliphatic hydroxyl groups is 2. The Balaban J connectivity index is 3.45. The minimum absolute atomic E-state index is 0.00235. The molecule has 1 amide bonds. The quantitative estimate of drug-likeness (QED) is 0.0320. The summed E-state index contributed by atoms with van der Waals surface area (Å²) < 4.78 is 5.48. The SMILES string of the molecule is CCCCCC/C=C\C/C=C\CCCCCCCC(=O)OCCCCCCCCCCCCCC/C=C\CCCCCCCCCC(=O)NC(CO)C(O)/C=C/CCCCCCCCCCCCCCCCCCCCC. The monoisotopic (exact) mass is 1080 g/mol. The summed E-state index contributed by atoms with van der Waals surface area (Å²) in [5.74, 6) is -0.0741. The van der Waals surface area contributed by atoms with Crippen molar-refractivity contribution >= 4 is 11.9 Å². The van der Waals surface area contributed by atoms with Gasteiger partial charge in [0, 0.05) is 12.8 Å². The van der Waals surface area contributed by atoms with Crippen LogP contribution in [0.4, 0.5) is 0 Å². The summed E-state index contributed by atoms with van der Waals surface area (Å²) in [6.45, 7) is 4.90. The largest absolute Gasteiger partial charge is 0.466 e. The predicted molar refractivity (Wildman–Crippen MR) is 338 cm³/mol. The Bertz CT molecular complexity index is 1290. The maximum Gasteiger partial charge on any atom is 0.305 e. The van der Waals surface area contributed by atoms with Gasteiger partial charge in [0.15, 0.2) is 0 Å². The first-order chi connectivity index (χ1) is 38.0. The van der Waals surface area contributed by atoms with Crippen molar-refractivity contribution in [2.45, 2.75) is 379 Å². The van der Waals surface area contributed by atoms with Crippen LogP contribution in [0, 0.1) is 0 Å². The maximum absolute atomic E-state index is 12.5. The minimum atomic E-state index is -0.850. The van der Waals surface area contributed by atoms with Crippen molar-refractivity contribution in [1.82, 2.24) is 5.32 Å². The molecule has 77 heavy (non-hydrogen) atoms. The Kier molecular flexibility index (Phi) is 64.5. The smallest absolute Gasteiger partial charge is 0.305 e. The number of rotatable bonds is 64. The fourth-order valence-corrected chi connectivity index (χ4v) is 10.5. The first kappa shape index (κ1) is 74.8. The van der Waals surface area contributed by atoms with E-state index in [0.29, 0.717) is 19.4 Å². The van der Waals surface area contributed by atoms with Crippen LogP contribution in [-0.2, 0) is 14.3 Å². The molecule has 0 fully saturated rings. The molecule has 0 saturated heterocycles. The third-order valence-electron chi connectivity index (χ3n) is 15.8. The fraction of sp³-hybridized carbons (Fsp3) is 0.859. The first-order valence-corrected chi connectivity index (χ1v) is 34.4. The number of unbranched alkanes of at least 4 members (excludes halogenated alkanes) is 47. The van der Waals surface area contributed by atoms with E-state index in [1.807, 2.05) is 6.08 Å². The van der Waals surface area contributed by atoms with E-state index >= 15 is 0 Å². The van der Waals surface area contributed by atoms with Gasteiger partial charge >= 0.3 is 5.97 Å². The van der Waals surface area contributed by atoms with Crippen molar-refractivity contribution in [3.8, 4) is 0 Å². The molecule has 6 nitrogen and oxygen atoms in total. The second kappa shape index (κ2) is 66.3. The molecule has 0 aromatic carbocycles. The summed E-state index contributed by atoms with van der Waals surface area (Å²) in [5.41, 5.74) is 0. The van der Waals surface area contributed by atoms with E-state index in [9.17, 15) is 19.8 Å². The molecule has 0 aromatic rings. The van der Waals surface area contributed by atoms with Crippen molar-refractivity contribution in [2.75, 3.05) is 13.2 Å². The molecule has 2 unspecified atom stereocenters. The number of ether oxygens (including phenoxy) is 1. The normalized spacial score (nSPS) is 12.8. The Hall–Kier alpha value is -2.18. The summed E-state index contributed by atoms with van der Waals surface area (Å²) in [4.78, 5) is 24.6. The van der Waals surface area contributed by atoms with Crippen LogP contribution in [0.15, 0.2) is 48.6 Å². The molecule has 0 aromatic heterocycles. The highest BCUT2D eigenvalue weighted by molar-refractivity contribution is 5.76. The van der Waals surface area contributed by atoms with Crippen molar-refractivity contribution in [1.29, 1.82) is 0 Å². The van der Waals surface area contributed by atoms with E-state index in [1.165, 1.54) is 283 Å². The second-order valence-electron chi connectivity index (χ2n) is 23.5. The van der Waals surface area contributed by atoms with Crippen molar-refractivity contribution in [3.63, 3.8) is 0 Å². The first-order valence-electron chi connectivity index (χ1n) is 34.4. The van der Waals surface area contributed by atoms with Gasteiger partial charge in [-0.25, -0.2) is 0 Å². The van der Waals surface area contributed by atoms with Crippen LogP contribution < -0.4 is 5.32 Å². The van der Waals surface area contributed by atoms with Crippen molar-refractivity contribution in [2.24, 2.45) is 0 Å². The zero-order valence-corrected chi connectivity index (χ0v) is 51.7. The summed E-state index contributed by atoms with van der Waals surface area (Å²) in [6, 6.07) is -0.634. The molecule has 0 spiro atoms. The van der Waals surface area contributed by atoms with Gasteiger partial charge in [0.05, 0.1) is 25.4 Å². The van der Waals surface area contributed by atoms with E-state index in [2.05, 4.69) is 55.6 Å². The highest BCUT2D eigenvalue weighted by Crippen LogP contribution is 2.18. The molecule has 0 saturated carbocycles. The van der Waals surface area contributed by atoms with E-state index in [1.54, 1.807) is 6.08 Å². The third-order valence-corrected chi connectivity index (χ3v) is 15.8. The number of allylic oxidation sites excluding steroid dienone is 7. The number of amides is 1. The number of hydrogen-bond acceptors (Lipinski definition) is 5. The molecular weight excluding hydrogens is 947 g/mol. The minimum Gasteiger partial charge on any atom is -0.466 e. The number of carbonyl (C=O) groups excluding carboxylic acids is 2. The molecule has 0 bridgehead atoms. The third kappa shape index (κ3) is 62.9. The molecule has 0 rings (SSSR count). The molecule has 2 atom stereocenters. The Labute approximate surface area is 480 Å². The van der Waals surface area contributed by atoms with Gasteiger partial charge in [-0.05, 0) is 89.9 Å². The van der Waals surface area contributed by atoms with E-state index in [4.69, 9.17) is 4.74 Å². The van der Waals surface area contributed by atoms with Crippen LogP contribution in [-0.4, -0.2) is 47.4 Å². The lowest BCUT2D eigenvalue weighted by molar-refractivity contribution is -0.143. The molecule has 0 radical (unpaired) electrons. The lowest BCUT2D eigenvalue weighted by Crippen LogP contribution is -2.45. The molecule has 6 heteroatoms. The number of aliphatic hydroxyl groups excluding tert-OH is 2. The van der Waals surface area contributed by atoms with Crippen LogP contribution in [0.2, 0.25) is 0 Å². The van der Waals surface area contributed by atoms with E-state index in [-0.39, 0.29) is 18.5 Å².